The smallest absolute Gasteiger partial charge is 0.252 e. The number of nitrogens with one attached hydrogen (secondary N) is 1. The largest absolute Gasteiger partial charge is 0.393 e. The summed E-state index contributed by atoms with van der Waals surface area (Å²) in [6, 6.07) is 1.78. The molecule has 1 rings (SSSR count). The van der Waals surface area contributed by atoms with Crippen LogP contribution in [0.1, 0.15) is 30.1 Å². The molecule has 0 saturated carbocycles. The van der Waals surface area contributed by atoms with Gasteiger partial charge in [0.2, 0.25) is 0 Å². The summed E-state index contributed by atoms with van der Waals surface area (Å²) in [6.07, 6.45) is 4.18. The second-order valence-electron chi connectivity index (χ2n) is 3.50. The third kappa shape index (κ3) is 4.44. The zero-order valence-corrected chi connectivity index (χ0v) is 11.3. The van der Waals surface area contributed by atoms with E-state index in [4.69, 9.17) is 0 Å². The van der Waals surface area contributed by atoms with Gasteiger partial charge in [0.25, 0.3) is 5.91 Å². The molecule has 0 spiro atoms. The molecule has 1 unspecified atom stereocenters. The maximum Gasteiger partial charge on any atom is 0.252 e. The van der Waals surface area contributed by atoms with Crippen LogP contribution in [0, 0.1) is 3.57 Å². The van der Waals surface area contributed by atoms with Gasteiger partial charge in [-0.25, -0.2) is 0 Å². The molecule has 2 N–H and O–H groups in total. The Labute approximate surface area is 109 Å². The first kappa shape index (κ1) is 13.4. The van der Waals surface area contributed by atoms with Gasteiger partial charge in [-0.05, 0) is 41.5 Å². The quantitative estimate of drug-likeness (QED) is 0.804. The molecule has 1 aromatic rings. The van der Waals surface area contributed by atoms with Crippen molar-refractivity contribution in [2.24, 2.45) is 0 Å². The van der Waals surface area contributed by atoms with Crippen LogP contribution in [0.25, 0.3) is 0 Å². The van der Waals surface area contributed by atoms with Crippen LogP contribution in [-0.2, 0) is 0 Å². The predicted octanol–water partition coefficient (Wildman–Crippen LogP) is 1.58. The minimum absolute atomic E-state index is 0.144. The molecule has 16 heavy (non-hydrogen) atoms. The van der Waals surface area contributed by atoms with Gasteiger partial charge in [-0.3, -0.25) is 9.78 Å². The summed E-state index contributed by atoms with van der Waals surface area (Å²) >= 11 is 2.11. The number of hydrogen-bond acceptors (Lipinski definition) is 3. The highest BCUT2D eigenvalue weighted by atomic mass is 127. The van der Waals surface area contributed by atoms with E-state index in [1.807, 2.05) is 6.92 Å². The summed E-state index contributed by atoms with van der Waals surface area (Å²) in [5.41, 5.74) is 0.554. The molecule has 88 valence electrons. The molecule has 1 amide bonds. The number of aromatic nitrogens is 1. The van der Waals surface area contributed by atoms with Crippen LogP contribution in [0.2, 0.25) is 0 Å². The van der Waals surface area contributed by atoms with E-state index in [0.29, 0.717) is 24.9 Å². The first-order valence-corrected chi connectivity index (χ1v) is 6.28. The lowest BCUT2D eigenvalue weighted by molar-refractivity contribution is 0.0941. The standard InChI is InChI=1S/C11H15IN2O2/c1-2-10(15)3-4-14-11(16)8-5-9(12)7-13-6-8/h5-7,10,15H,2-4H2,1H3,(H,14,16). The number of hydrogen-bond donors (Lipinski definition) is 2. The Morgan fingerprint density at radius 3 is 3.00 bits per heavy atom. The van der Waals surface area contributed by atoms with Crippen molar-refractivity contribution in [2.45, 2.75) is 25.9 Å². The van der Waals surface area contributed by atoms with Crippen LogP contribution < -0.4 is 5.32 Å². The molecule has 4 nitrogen and oxygen atoms in total. The SMILES string of the molecule is CCC(O)CCNC(=O)c1cncc(I)c1. The Bertz CT molecular complexity index is 358. The summed E-state index contributed by atoms with van der Waals surface area (Å²) in [4.78, 5) is 15.6. The number of aliphatic hydroxyl groups excluding tert-OH is 1. The lowest BCUT2D eigenvalue weighted by Gasteiger charge is -2.08. The molecule has 0 bridgehead atoms. The number of halogens is 1. The maximum atomic E-state index is 11.6. The zero-order chi connectivity index (χ0) is 12.0. The molecule has 1 atom stereocenters. The molecule has 0 radical (unpaired) electrons. The van der Waals surface area contributed by atoms with Crippen LogP contribution in [-0.4, -0.2) is 28.6 Å². The average Bonchev–Trinajstić information content (AvgIpc) is 2.28. The Hall–Kier alpha value is -0.690. The first-order chi connectivity index (χ1) is 7.63. The van der Waals surface area contributed by atoms with E-state index in [0.717, 1.165) is 3.57 Å². The van der Waals surface area contributed by atoms with Crippen LogP contribution in [0.5, 0.6) is 0 Å². The van der Waals surface area contributed by atoms with E-state index in [9.17, 15) is 9.90 Å². The van der Waals surface area contributed by atoms with E-state index in [-0.39, 0.29) is 12.0 Å². The van der Waals surface area contributed by atoms with Gasteiger partial charge in [0.05, 0.1) is 11.7 Å². The van der Waals surface area contributed by atoms with Crippen molar-refractivity contribution in [1.29, 1.82) is 0 Å². The number of amides is 1. The van der Waals surface area contributed by atoms with Crippen molar-refractivity contribution in [3.05, 3.63) is 27.6 Å². The molecule has 0 saturated heterocycles. The summed E-state index contributed by atoms with van der Waals surface area (Å²) in [5, 5.41) is 12.1. The minimum atomic E-state index is -0.339. The number of carbonyl (C=O) groups excluding carboxylic acids is 1. The molecule has 0 aliphatic rings. The average molecular weight is 334 g/mol. The number of pyridine rings is 1. The van der Waals surface area contributed by atoms with E-state index in [1.165, 1.54) is 6.20 Å². The van der Waals surface area contributed by atoms with Crippen molar-refractivity contribution in [3.63, 3.8) is 0 Å². The fourth-order valence-electron chi connectivity index (χ4n) is 1.19. The number of aliphatic hydroxyl groups is 1. The molecule has 5 heteroatoms. The Morgan fingerprint density at radius 2 is 2.38 bits per heavy atom. The third-order valence-corrected chi connectivity index (χ3v) is 2.79. The molecular weight excluding hydrogens is 319 g/mol. The number of nitrogens with zero attached hydrogens (tertiary/aromatic N) is 1. The van der Waals surface area contributed by atoms with Gasteiger partial charge in [-0.1, -0.05) is 6.92 Å². The summed E-state index contributed by atoms with van der Waals surface area (Å²) in [6.45, 7) is 2.40. The van der Waals surface area contributed by atoms with Crippen LogP contribution in [0.4, 0.5) is 0 Å². The van der Waals surface area contributed by atoms with Crippen LogP contribution in [0.15, 0.2) is 18.5 Å². The van der Waals surface area contributed by atoms with Gasteiger partial charge in [0.1, 0.15) is 0 Å². The van der Waals surface area contributed by atoms with Crippen LogP contribution in [0.3, 0.4) is 0 Å². The molecule has 1 heterocycles. The van der Waals surface area contributed by atoms with Crippen molar-refractivity contribution in [3.8, 4) is 0 Å². The van der Waals surface area contributed by atoms with Gasteiger partial charge < -0.3 is 10.4 Å². The summed E-state index contributed by atoms with van der Waals surface area (Å²) < 4.78 is 0.929. The van der Waals surface area contributed by atoms with Crippen LogP contribution >= 0.6 is 22.6 Å². The molecule has 0 fully saturated rings. The van der Waals surface area contributed by atoms with Gasteiger partial charge in [-0.15, -0.1) is 0 Å². The van der Waals surface area contributed by atoms with Gasteiger partial charge in [-0.2, -0.15) is 0 Å². The van der Waals surface area contributed by atoms with Crippen molar-refractivity contribution in [2.75, 3.05) is 6.54 Å². The molecule has 0 aliphatic carbocycles. The second kappa shape index (κ2) is 6.80. The van der Waals surface area contributed by atoms with Crippen molar-refractivity contribution < 1.29 is 9.90 Å². The van der Waals surface area contributed by atoms with Gasteiger partial charge in [0.15, 0.2) is 0 Å². The van der Waals surface area contributed by atoms with Crippen molar-refractivity contribution in [1.82, 2.24) is 10.3 Å². The Kier molecular flexibility index (Phi) is 5.68. The fourth-order valence-corrected chi connectivity index (χ4v) is 1.69. The molecule has 0 aromatic carbocycles. The lowest BCUT2D eigenvalue weighted by Crippen LogP contribution is -2.27. The summed E-state index contributed by atoms with van der Waals surface area (Å²) in [5.74, 6) is -0.144. The topological polar surface area (TPSA) is 62.2 Å². The van der Waals surface area contributed by atoms with Crippen molar-refractivity contribution >= 4 is 28.5 Å². The minimum Gasteiger partial charge on any atom is -0.393 e. The second-order valence-corrected chi connectivity index (χ2v) is 4.74. The molecule has 1 aromatic heterocycles. The summed E-state index contributed by atoms with van der Waals surface area (Å²) in [7, 11) is 0. The highest BCUT2D eigenvalue weighted by molar-refractivity contribution is 14.1. The van der Waals surface area contributed by atoms with Gasteiger partial charge in [0, 0.05) is 22.5 Å². The first-order valence-electron chi connectivity index (χ1n) is 5.20. The molecule has 0 aliphatic heterocycles. The Morgan fingerprint density at radius 1 is 1.62 bits per heavy atom. The van der Waals surface area contributed by atoms with E-state index < -0.39 is 0 Å². The highest BCUT2D eigenvalue weighted by Crippen LogP contribution is 2.05. The van der Waals surface area contributed by atoms with Gasteiger partial charge >= 0.3 is 0 Å². The normalized spacial score (nSPS) is 12.2. The monoisotopic (exact) mass is 334 g/mol. The maximum absolute atomic E-state index is 11.6. The van der Waals surface area contributed by atoms with E-state index in [1.54, 1.807) is 12.3 Å². The van der Waals surface area contributed by atoms with E-state index in [2.05, 4.69) is 32.9 Å². The fraction of sp³-hybridized carbons (Fsp3) is 0.455. The van der Waals surface area contributed by atoms with E-state index >= 15 is 0 Å². The highest BCUT2D eigenvalue weighted by Gasteiger charge is 2.06. The molecular formula is C11H15IN2O2. The lowest BCUT2D eigenvalue weighted by atomic mass is 10.2. The number of carbonyl (C=O) groups is 1. The zero-order valence-electron chi connectivity index (χ0n) is 9.11. The predicted molar refractivity (Wildman–Crippen MR) is 70.2 cm³/mol. The third-order valence-electron chi connectivity index (χ3n) is 2.20. The number of rotatable bonds is 5. The Balaban J connectivity index is 2.41.